The van der Waals surface area contributed by atoms with Crippen molar-refractivity contribution in [2.24, 2.45) is 0 Å². The van der Waals surface area contributed by atoms with Gasteiger partial charge in [0.25, 0.3) is 0 Å². The van der Waals surface area contributed by atoms with Crippen molar-refractivity contribution in [3.05, 3.63) is 29.3 Å². The minimum Gasteiger partial charge on any atom is -0.399 e. The number of fused-ring (bicyclic) bond motifs is 2. The number of hydrogen-bond donors (Lipinski definition) is 1. The third-order valence-electron chi connectivity index (χ3n) is 1.61. The molecule has 0 amide bonds. The molecule has 0 aromatic heterocycles. The summed E-state index contributed by atoms with van der Waals surface area (Å²) >= 11 is 0. The zero-order valence-corrected chi connectivity index (χ0v) is 6.03. The summed E-state index contributed by atoms with van der Waals surface area (Å²) in [5, 5.41) is 0. The maximum Gasteiger partial charge on any atom is 0.346 e. The Balaban J connectivity index is 2.69. The molecule has 0 saturated carbocycles. The van der Waals surface area contributed by atoms with E-state index in [-0.39, 0.29) is 0 Å². The van der Waals surface area contributed by atoms with Gasteiger partial charge in [0.15, 0.2) is 0 Å². The minimum absolute atomic E-state index is 0.324. The van der Waals surface area contributed by atoms with Crippen LogP contribution in [0.25, 0.3) is 0 Å². The molecule has 60 valence electrons. The minimum atomic E-state index is -0.639. The van der Waals surface area contributed by atoms with Gasteiger partial charge in [-0.15, -0.1) is 0 Å². The van der Waals surface area contributed by atoms with Gasteiger partial charge in [-0.2, -0.15) is 0 Å². The molecule has 0 radical (unpaired) electrons. The first-order chi connectivity index (χ1) is 5.66. The highest BCUT2D eigenvalue weighted by atomic mass is 16.6. The Hall–Kier alpha value is -1.84. The summed E-state index contributed by atoms with van der Waals surface area (Å²) in [6.07, 6.45) is 0. The Bertz CT molecular complexity index is 352. The monoisotopic (exact) mass is 163 g/mol. The summed E-state index contributed by atoms with van der Waals surface area (Å²) in [5.41, 5.74) is 6.48. The Labute approximate surface area is 67.9 Å². The van der Waals surface area contributed by atoms with Crippen molar-refractivity contribution < 1.29 is 14.3 Å². The lowest BCUT2D eigenvalue weighted by Gasteiger charge is -2.10. The van der Waals surface area contributed by atoms with Gasteiger partial charge in [0.05, 0.1) is 11.1 Å². The third-order valence-corrected chi connectivity index (χ3v) is 1.61. The van der Waals surface area contributed by atoms with Crippen LogP contribution in [0, 0.1) is 0 Å². The van der Waals surface area contributed by atoms with Crippen molar-refractivity contribution >= 4 is 17.6 Å². The number of nitrogens with two attached hydrogens (primary N) is 1. The molecule has 2 N–H and O–H groups in total. The zero-order chi connectivity index (χ0) is 8.72. The maximum absolute atomic E-state index is 10.9. The Morgan fingerprint density at radius 1 is 1.00 bits per heavy atom. The predicted molar refractivity (Wildman–Crippen MR) is 40.6 cm³/mol. The van der Waals surface area contributed by atoms with Gasteiger partial charge >= 0.3 is 11.9 Å². The molecular weight excluding hydrogens is 158 g/mol. The maximum atomic E-state index is 10.9. The average molecular weight is 163 g/mol. The summed E-state index contributed by atoms with van der Waals surface area (Å²) in [5.74, 6) is -1.28. The molecule has 4 heteroatoms. The first-order valence-corrected chi connectivity index (χ1v) is 3.34. The Morgan fingerprint density at radius 2 is 1.50 bits per heavy atom. The van der Waals surface area contributed by atoms with Crippen molar-refractivity contribution in [3.63, 3.8) is 0 Å². The molecule has 12 heavy (non-hydrogen) atoms. The highest BCUT2D eigenvalue weighted by molar-refractivity contribution is 6.08. The molecule has 0 atom stereocenters. The number of ether oxygens (including phenoxy) is 1. The number of rotatable bonds is 0. The van der Waals surface area contributed by atoms with Gasteiger partial charge in [-0.05, 0) is 18.2 Å². The molecule has 1 aromatic carbocycles. The van der Waals surface area contributed by atoms with E-state index in [4.69, 9.17) is 5.73 Å². The summed E-state index contributed by atoms with van der Waals surface area (Å²) in [7, 11) is 0. The van der Waals surface area contributed by atoms with Crippen molar-refractivity contribution in [1.82, 2.24) is 0 Å². The second-order valence-electron chi connectivity index (χ2n) is 2.52. The first kappa shape index (κ1) is 6.84. The molecule has 1 heterocycles. The predicted octanol–water partition coefficient (Wildman–Crippen LogP) is 0.579. The number of nitrogen functional groups attached to an aromatic ring is 1. The Morgan fingerprint density at radius 3 is 2.00 bits per heavy atom. The number of cyclic esters (lactones) is 2. The van der Waals surface area contributed by atoms with Crippen molar-refractivity contribution in [3.8, 4) is 0 Å². The van der Waals surface area contributed by atoms with Crippen molar-refractivity contribution in [2.75, 3.05) is 5.73 Å². The van der Waals surface area contributed by atoms with E-state index in [0.717, 1.165) is 0 Å². The molecule has 1 aliphatic rings. The quantitative estimate of drug-likeness (QED) is 0.345. The van der Waals surface area contributed by atoms with Gasteiger partial charge in [0.2, 0.25) is 0 Å². The van der Waals surface area contributed by atoms with Gasteiger partial charge < -0.3 is 10.5 Å². The van der Waals surface area contributed by atoms with E-state index in [0.29, 0.717) is 16.8 Å². The highest BCUT2D eigenvalue weighted by Gasteiger charge is 2.22. The molecule has 0 saturated heterocycles. The molecule has 1 aliphatic heterocycles. The second kappa shape index (κ2) is 2.07. The zero-order valence-electron chi connectivity index (χ0n) is 6.03. The summed E-state index contributed by atoms with van der Waals surface area (Å²) in [4.78, 5) is 21.8. The van der Waals surface area contributed by atoms with Gasteiger partial charge in [-0.1, -0.05) is 0 Å². The number of esters is 2. The van der Waals surface area contributed by atoms with Crippen LogP contribution in [-0.4, -0.2) is 11.9 Å². The van der Waals surface area contributed by atoms with Crippen LogP contribution in [0.4, 0.5) is 5.69 Å². The molecule has 2 bridgehead atoms. The van der Waals surface area contributed by atoms with E-state index in [2.05, 4.69) is 4.74 Å². The first-order valence-electron chi connectivity index (χ1n) is 3.34. The molecule has 0 aliphatic carbocycles. The lowest BCUT2D eigenvalue weighted by Crippen LogP contribution is -2.19. The van der Waals surface area contributed by atoms with Crippen LogP contribution >= 0.6 is 0 Å². The summed E-state index contributed by atoms with van der Waals surface area (Å²) in [6.45, 7) is 0. The smallest absolute Gasteiger partial charge is 0.346 e. The van der Waals surface area contributed by atoms with Crippen molar-refractivity contribution in [2.45, 2.75) is 0 Å². The normalized spacial score (nSPS) is 14.3. The number of carbonyl (C=O) groups is 2. The highest BCUT2D eigenvalue weighted by Crippen LogP contribution is 2.18. The van der Waals surface area contributed by atoms with Crippen LogP contribution in [0.15, 0.2) is 18.2 Å². The van der Waals surface area contributed by atoms with Crippen molar-refractivity contribution in [1.29, 1.82) is 0 Å². The van der Waals surface area contributed by atoms with Crippen LogP contribution in [0.1, 0.15) is 20.7 Å². The third kappa shape index (κ3) is 0.852. The molecule has 0 spiro atoms. The van der Waals surface area contributed by atoms with E-state index in [9.17, 15) is 9.59 Å². The van der Waals surface area contributed by atoms with Gasteiger partial charge in [-0.3, -0.25) is 0 Å². The summed E-state index contributed by atoms with van der Waals surface area (Å²) < 4.78 is 4.39. The molecule has 2 rings (SSSR count). The van der Waals surface area contributed by atoms with E-state index >= 15 is 0 Å². The SMILES string of the molecule is Nc1cc2cc(c1)C(=O)OC2=O. The molecule has 4 nitrogen and oxygen atoms in total. The molecule has 0 fully saturated rings. The lowest BCUT2D eigenvalue weighted by molar-refractivity contribution is 0.0385. The van der Waals surface area contributed by atoms with E-state index in [1.807, 2.05) is 0 Å². The fraction of sp³-hybridized carbons (Fsp3) is 0. The summed E-state index contributed by atoms with van der Waals surface area (Å²) in [6, 6.07) is 4.40. The van der Waals surface area contributed by atoms with Crippen LogP contribution in [-0.2, 0) is 4.74 Å². The average Bonchev–Trinajstić information content (AvgIpc) is 2.01. The van der Waals surface area contributed by atoms with E-state index in [1.165, 1.54) is 18.2 Å². The van der Waals surface area contributed by atoms with Gasteiger partial charge in [0.1, 0.15) is 0 Å². The Kier molecular flexibility index (Phi) is 1.18. The van der Waals surface area contributed by atoms with Crippen LogP contribution in [0.3, 0.4) is 0 Å². The second-order valence-corrected chi connectivity index (χ2v) is 2.52. The van der Waals surface area contributed by atoms with Crippen LogP contribution in [0.5, 0.6) is 0 Å². The standard InChI is InChI=1S/C8H5NO3/c9-6-2-4-1-5(3-6)8(11)12-7(4)10/h1-3H,9H2. The number of hydrogen-bond acceptors (Lipinski definition) is 4. The van der Waals surface area contributed by atoms with Crippen LogP contribution in [0.2, 0.25) is 0 Å². The fourth-order valence-electron chi connectivity index (χ4n) is 1.09. The van der Waals surface area contributed by atoms with E-state index < -0.39 is 11.9 Å². The number of anilines is 1. The molecule has 0 unspecified atom stereocenters. The lowest BCUT2D eigenvalue weighted by atomic mass is 10.1. The van der Waals surface area contributed by atoms with Gasteiger partial charge in [0, 0.05) is 5.69 Å². The number of benzene rings is 1. The fourth-order valence-corrected chi connectivity index (χ4v) is 1.09. The largest absolute Gasteiger partial charge is 0.399 e. The van der Waals surface area contributed by atoms with E-state index in [1.54, 1.807) is 0 Å². The topological polar surface area (TPSA) is 69.4 Å². The number of carbonyl (C=O) groups excluding carboxylic acids is 2. The molecular formula is C8H5NO3. The van der Waals surface area contributed by atoms with Gasteiger partial charge in [-0.25, -0.2) is 9.59 Å². The molecule has 1 aromatic rings. The van der Waals surface area contributed by atoms with Crippen LogP contribution < -0.4 is 5.73 Å².